The Kier molecular flexibility index (Phi) is 39.6. The Hall–Kier alpha value is -2.06. The van der Waals surface area contributed by atoms with E-state index in [2.05, 4.69) is 27.7 Å². The van der Waals surface area contributed by atoms with Crippen LogP contribution in [0.5, 0.6) is 0 Å². The number of carbonyl (C=O) groups excluding carboxylic acids is 5. The summed E-state index contributed by atoms with van der Waals surface area (Å²) in [5.74, 6) is -0.468. The number of hydrogen-bond donors (Lipinski definition) is 0. The van der Waals surface area contributed by atoms with Gasteiger partial charge in [0, 0.05) is 0 Å². The van der Waals surface area contributed by atoms with Crippen LogP contribution in [0, 0.1) is 8.80 Å². The van der Waals surface area contributed by atoms with E-state index >= 15 is 0 Å². The third kappa shape index (κ3) is 31.4. The summed E-state index contributed by atoms with van der Waals surface area (Å²) in [6.07, 6.45) is 38.2. The number of amides is 1. The second kappa shape index (κ2) is 43.2. The predicted octanol–water partition coefficient (Wildman–Crippen LogP) is 12.3. The summed E-state index contributed by atoms with van der Waals surface area (Å²) in [7, 11) is 3.87. The molecule has 1 aromatic heterocycles. The van der Waals surface area contributed by atoms with E-state index in [-0.39, 0.29) is 46.2 Å². The van der Waals surface area contributed by atoms with E-state index in [0.29, 0.717) is 70.3 Å². The molecule has 0 unspecified atom stereocenters. The fourth-order valence-corrected chi connectivity index (χ4v) is 14.3. The van der Waals surface area contributed by atoms with Crippen molar-refractivity contribution in [1.29, 1.82) is 0 Å². The fourth-order valence-electron chi connectivity index (χ4n) is 9.46. The molecular formula is C59H104IN2O8S-. The third-order valence-corrected chi connectivity index (χ3v) is 18.4. The molecule has 12 heteroatoms. The maximum atomic E-state index is 13.6. The zero-order chi connectivity index (χ0) is 51.7. The van der Waals surface area contributed by atoms with Crippen LogP contribution in [0.1, 0.15) is 280 Å². The Labute approximate surface area is 448 Å². The first-order valence-electron chi connectivity index (χ1n) is 29.3. The summed E-state index contributed by atoms with van der Waals surface area (Å²) in [5, 5.41) is 0. The maximum absolute atomic E-state index is 13.6. The summed E-state index contributed by atoms with van der Waals surface area (Å²) in [6, 6.07) is 0. The molecule has 0 saturated carbocycles. The Morgan fingerprint density at radius 3 is 1.62 bits per heavy atom. The summed E-state index contributed by atoms with van der Waals surface area (Å²) in [5.41, 5.74) is 1.49. The van der Waals surface area contributed by atoms with E-state index in [9.17, 15) is 24.0 Å². The molecule has 1 aliphatic rings. The number of thiophene rings is 1. The van der Waals surface area contributed by atoms with Gasteiger partial charge >= 0.3 is 284 Å². The number of nitrogens with zero attached hydrogens (tertiary/aromatic N) is 2. The molecule has 0 saturated heterocycles. The van der Waals surface area contributed by atoms with Crippen LogP contribution in [0.2, 0.25) is 0 Å². The van der Waals surface area contributed by atoms with Gasteiger partial charge in [-0.3, -0.25) is 4.79 Å². The first-order valence-corrected chi connectivity index (χ1v) is 32.3. The van der Waals surface area contributed by atoms with E-state index in [4.69, 9.17) is 14.2 Å². The second-order valence-corrected chi connectivity index (χ2v) is 25.5. The number of carbonyl (C=O) groups is 5. The van der Waals surface area contributed by atoms with E-state index in [0.717, 1.165) is 84.0 Å². The Morgan fingerprint density at radius 2 is 1.07 bits per heavy atom. The van der Waals surface area contributed by atoms with Crippen LogP contribution in [0.3, 0.4) is 0 Å². The number of hydrogen-bond acceptors (Lipinski definition) is 10. The van der Waals surface area contributed by atoms with Crippen LogP contribution in [-0.4, -0.2) is 83.9 Å². The predicted molar refractivity (Wildman–Crippen MR) is 289 cm³/mol. The Balaban J connectivity index is 1.90. The van der Waals surface area contributed by atoms with Gasteiger partial charge in [0.15, 0.2) is 0 Å². The molecule has 1 amide bonds. The SMILES string of the molecule is CCCCCCCCC(CCCCCCCC)OC(=O)CCCCC(=O)[I-]c1sc2c(c1C(=O)OCCN(C)C)CCN(C(=O)CCCCCOC(=O)C(CCCCCCCC)CCCCCCCC)C2. The average Bonchev–Trinajstić information content (AvgIpc) is 3.71. The molecule has 0 bridgehead atoms. The molecular weight excluding hydrogens is 1020 g/mol. The van der Waals surface area contributed by atoms with Crippen molar-refractivity contribution in [3.8, 4) is 0 Å². The summed E-state index contributed by atoms with van der Waals surface area (Å²) < 4.78 is 18.6. The zero-order valence-electron chi connectivity index (χ0n) is 46.3. The zero-order valence-corrected chi connectivity index (χ0v) is 49.3. The number of esters is 3. The number of ether oxygens (including phenoxy) is 3. The van der Waals surface area contributed by atoms with Crippen LogP contribution in [0.4, 0.5) is 0 Å². The van der Waals surface area contributed by atoms with Crippen molar-refractivity contribution < 1.29 is 59.4 Å². The fraction of sp³-hybridized carbons (Fsp3) is 0.847. The van der Waals surface area contributed by atoms with E-state index in [1.165, 1.54) is 140 Å². The van der Waals surface area contributed by atoms with Gasteiger partial charge in [0.1, 0.15) is 0 Å². The van der Waals surface area contributed by atoms with E-state index < -0.39 is 21.2 Å². The van der Waals surface area contributed by atoms with Crippen LogP contribution in [0.15, 0.2) is 0 Å². The number of halogens is 1. The molecule has 0 aromatic carbocycles. The minimum atomic E-state index is -1.13. The van der Waals surface area contributed by atoms with Crippen molar-refractivity contribution in [1.82, 2.24) is 9.80 Å². The van der Waals surface area contributed by atoms with E-state index in [1.807, 2.05) is 23.9 Å². The second-order valence-electron chi connectivity index (χ2n) is 20.8. The number of unbranched alkanes of at least 4 members (excludes halogenated alkanes) is 23. The quantitative estimate of drug-likeness (QED) is 0.0207. The van der Waals surface area contributed by atoms with Crippen LogP contribution in [0.25, 0.3) is 0 Å². The molecule has 2 rings (SSSR count). The Bertz CT molecular complexity index is 1540. The molecule has 10 nitrogen and oxygen atoms in total. The summed E-state index contributed by atoms with van der Waals surface area (Å²) >= 11 is 0.380. The van der Waals surface area contributed by atoms with Gasteiger partial charge in [-0.2, -0.15) is 0 Å². The minimum absolute atomic E-state index is 0.00396. The van der Waals surface area contributed by atoms with Crippen molar-refractivity contribution in [3.05, 3.63) is 18.9 Å². The Morgan fingerprint density at radius 1 is 0.577 bits per heavy atom. The number of likely N-dealkylation sites (N-methyl/N-ethyl adjacent to an activating group) is 1. The van der Waals surface area contributed by atoms with Gasteiger partial charge in [0.2, 0.25) is 0 Å². The van der Waals surface area contributed by atoms with Crippen molar-refractivity contribution in [2.24, 2.45) is 5.92 Å². The average molecular weight is 1130 g/mol. The molecule has 0 atom stereocenters. The molecule has 0 fully saturated rings. The molecule has 1 aliphatic heterocycles. The number of fused-ring (bicyclic) bond motifs is 1. The molecule has 71 heavy (non-hydrogen) atoms. The normalized spacial score (nSPS) is 12.6. The van der Waals surface area contributed by atoms with Crippen LogP contribution in [-0.2, 0) is 46.4 Å². The van der Waals surface area contributed by atoms with Gasteiger partial charge in [-0.1, -0.05) is 143 Å². The molecule has 0 spiro atoms. The first kappa shape index (κ1) is 65.1. The van der Waals surface area contributed by atoms with E-state index in [1.54, 1.807) is 0 Å². The van der Waals surface area contributed by atoms with Crippen LogP contribution < -0.4 is 21.2 Å². The van der Waals surface area contributed by atoms with Gasteiger partial charge in [0.25, 0.3) is 0 Å². The topological polar surface area (TPSA) is 120 Å². The monoisotopic (exact) mass is 1130 g/mol. The molecule has 1 aromatic rings. The summed E-state index contributed by atoms with van der Waals surface area (Å²) in [6.45, 7) is 11.2. The van der Waals surface area contributed by atoms with Gasteiger partial charge in [0.05, 0.1) is 5.92 Å². The van der Waals surface area contributed by atoms with Crippen molar-refractivity contribution in [3.63, 3.8) is 0 Å². The molecule has 0 radical (unpaired) electrons. The molecule has 0 N–H and O–H groups in total. The van der Waals surface area contributed by atoms with Crippen molar-refractivity contribution >= 4 is 38.9 Å². The van der Waals surface area contributed by atoms with Gasteiger partial charge in [-0.25, -0.2) is 0 Å². The molecule has 2 heterocycles. The molecule has 0 aliphatic carbocycles. The molecule has 412 valence electrons. The van der Waals surface area contributed by atoms with Crippen molar-refractivity contribution in [2.45, 2.75) is 278 Å². The van der Waals surface area contributed by atoms with Gasteiger partial charge < -0.3 is 0 Å². The van der Waals surface area contributed by atoms with Crippen LogP contribution >= 0.6 is 11.3 Å². The van der Waals surface area contributed by atoms with Gasteiger partial charge in [-0.05, 0) is 12.8 Å². The standard InChI is InChI=1S/C59H104IN2O8S/c1-7-11-15-19-23-28-36-49(37-29-24-20-16-12-8-2)58(66)68-46-35-27-32-41-54(64)62-44-43-51-52(48-62)71-57(56(51)59(67)69-47-45-61(5)6)60-53(63)40-33-34-42-55(65)70-50(38-30-25-21-17-13-9-3)39-31-26-22-18-14-10-4/h49-50H,7-48H2,1-6H3/q-1. The number of rotatable bonds is 47. The van der Waals surface area contributed by atoms with Crippen molar-refractivity contribution in [2.75, 3.05) is 40.4 Å². The summed E-state index contributed by atoms with van der Waals surface area (Å²) in [4.78, 5) is 71.8. The third-order valence-electron chi connectivity index (χ3n) is 14.0. The van der Waals surface area contributed by atoms with Gasteiger partial charge in [-0.15, -0.1) is 0 Å². The first-order chi connectivity index (χ1) is 34.5.